The maximum Gasteiger partial charge on any atom is 0.169 e. The first-order valence-corrected chi connectivity index (χ1v) is 9.06. The average Bonchev–Trinajstić information content (AvgIpc) is 2.96. The van der Waals surface area contributed by atoms with Crippen molar-refractivity contribution < 1.29 is 8.42 Å². The van der Waals surface area contributed by atoms with Gasteiger partial charge in [-0.2, -0.15) is 0 Å². The van der Waals surface area contributed by atoms with Crippen molar-refractivity contribution in [2.45, 2.75) is 43.8 Å². The van der Waals surface area contributed by atoms with Crippen LogP contribution >= 0.6 is 12.2 Å². The SMILES string of the molecule is O=S1(=O)C[C@@H]2NC(=S)N([C@@H]3C[C@H]4CC[C@H]3C4)[C@@H]2C1. The van der Waals surface area contributed by atoms with E-state index in [1.807, 2.05) is 0 Å². The van der Waals surface area contributed by atoms with Crippen LogP contribution in [0.5, 0.6) is 0 Å². The van der Waals surface area contributed by atoms with E-state index in [4.69, 9.17) is 12.2 Å². The van der Waals surface area contributed by atoms with Crippen molar-refractivity contribution >= 4 is 27.2 Å². The molecule has 0 aromatic rings. The summed E-state index contributed by atoms with van der Waals surface area (Å²) >= 11 is 5.44. The second-order valence-electron chi connectivity index (χ2n) is 6.35. The predicted molar refractivity (Wildman–Crippen MR) is 73.0 cm³/mol. The molecule has 2 aliphatic carbocycles. The molecule has 4 fully saturated rings. The van der Waals surface area contributed by atoms with E-state index in [1.165, 1.54) is 25.7 Å². The molecular weight excluding hydrogens is 268 g/mol. The third kappa shape index (κ3) is 1.54. The summed E-state index contributed by atoms with van der Waals surface area (Å²) in [5.41, 5.74) is 0. The summed E-state index contributed by atoms with van der Waals surface area (Å²) in [5.74, 6) is 2.16. The summed E-state index contributed by atoms with van der Waals surface area (Å²) in [4.78, 5) is 2.26. The second-order valence-corrected chi connectivity index (χ2v) is 8.89. The summed E-state index contributed by atoms with van der Waals surface area (Å²) in [6.07, 6.45) is 5.21. The first kappa shape index (κ1) is 11.5. The largest absolute Gasteiger partial charge is 0.357 e. The molecule has 2 heterocycles. The van der Waals surface area contributed by atoms with Gasteiger partial charge in [0.25, 0.3) is 0 Å². The molecule has 0 spiro atoms. The third-order valence-corrected chi connectivity index (χ3v) is 7.33. The quantitative estimate of drug-likeness (QED) is 0.713. The maximum atomic E-state index is 11.8. The van der Waals surface area contributed by atoms with Gasteiger partial charge in [-0.1, -0.05) is 6.42 Å². The highest BCUT2D eigenvalue weighted by molar-refractivity contribution is 7.91. The Morgan fingerprint density at radius 1 is 1.17 bits per heavy atom. The fourth-order valence-electron chi connectivity index (χ4n) is 4.57. The zero-order valence-electron chi connectivity index (χ0n) is 10.2. The molecule has 2 bridgehead atoms. The summed E-state index contributed by atoms with van der Waals surface area (Å²) in [7, 11) is -2.87. The molecule has 4 aliphatic rings. The lowest BCUT2D eigenvalue weighted by Crippen LogP contribution is -2.46. The van der Waals surface area contributed by atoms with Crippen LogP contribution in [0.2, 0.25) is 0 Å². The Bertz CT molecular complexity index is 504. The Labute approximate surface area is 113 Å². The highest BCUT2D eigenvalue weighted by Gasteiger charge is 2.53. The molecular formula is C12H18N2O2S2. The van der Waals surface area contributed by atoms with Gasteiger partial charge in [-0.25, -0.2) is 8.42 Å². The number of fused-ring (bicyclic) bond motifs is 3. The Hall–Kier alpha value is -0.360. The van der Waals surface area contributed by atoms with Crippen molar-refractivity contribution in [3.63, 3.8) is 0 Å². The predicted octanol–water partition coefficient (Wildman–Crippen LogP) is 0.531. The van der Waals surface area contributed by atoms with Crippen molar-refractivity contribution in [1.82, 2.24) is 10.2 Å². The highest BCUT2D eigenvalue weighted by Crippen LogP contribution is 2.48. The molecule has 0 aromatic carbocycles. The van der Waals surface area contributed by atoms with E-state index in [0.29, 0.717) is 11.8 Å². The highest BCUT2D eigenvalue weighted by atomic mass is 32.2. The fraction of sp³-hybridized carbons (Fsp3) is 0.917. The molecule has 0 unspecified atom stereocenters. The van der Waals surface area contributed by atoms with Gasteiger partial charge in [0.1, 0.15) is 0 Å². The van der Waals surface area contributed by atoms with Gasteiger partial charge < -0.3 is 10.2 Å². The van der Waals surface area contributed by atoms with Crippen LogP contribution in [0.3, 0.4) is 0 Å². The lowest BCUT2D eigenvalue weighted by atomic mass is 9.93. The summed E-state index contributed by atoms with van der Waals surface area (Å²) in [6.45, 7) is 0. The maximum absolute atomic E-state index is 11.8. The van der Waals surface area contributed by atoms with E-state index < -0.39 is 9.84 Å². The van der Waals surface area contributed by atoms with Gasteiger partial charge in [-0.3, -0.25) is 0 Å². The number of nitrogens with one attached hydrogen (secondary N) is 1. The lowest BCUT2D eigenvalue weighted by Gasteiger charge is -2.35. The van der Waals surface area contributed by atoms with E-state index in [2.05, 4.69) is 10.2 Å². The van der Waals surface area contributed by atoms with Crippen LogP contribution in [-0.4, -0.2) is 48.1 Å². The first-order valence-electron chi connectivity index (χ1n) is 6.83. The molecule has 4 rings (SSSR count). The van der Waals surface area contributed by atoms with Crippen LogP contribution < -0.4 is 5.32 Å². The van der Waals surface area contributed by atoms with E-state index in [-0.39, 0.29) is 17.8 Å². The van der Waals surface area contributed by atoms with Gasteiger partial charge in [0.05, 0.1) is 23.6 Å². The summed E-state index contributed by atoms with van der Waals surface area (Å²) in [5, 5.41) is 4.04. The van der Waals surface area contributed by atoms with E-state index in [0.717, 1.165) is 16.9 Å². The molecule has 0 amide bonds. The van der Waals surface area contributed by atoms with Gasteiger partial charge in [-0.15, -0.1) is 0 Å². The molecule has 2 aliphatic heterocycles. The fourth-order valence-corrected chi connectivity index (χ4v) is 6.90. The van der Waals surface area contributed by atoms with Gasteiger partial charge >= 0.3 is 0 Å². The van der Waals surface area contributed by atoms with Gasteiger partial charge in [0, 0.05) is 6.04 Å². The van der Waals surface area contributed by atoms with Crippen molar-refractivity contribution in [2.24, 2.45) is 11.8 Å². The lowest BCUT2D eigenvalue weighted by molar-refractivity contribution is 0.200. The van der Waals surface area contributed by atoms with Crippen molar-refractivity contribution in [1.29, 1.82) is 0 Å². The van der Waals surface area contributed by atoms with Crippen LogP contribution in [0.4, 0.5) is 0 Å². The monoisotopic (exact) mass is 286 g/mol. The first-order chi connectivity index (χ1) is 8.53. The smallest absolute Gasteiger partial charge is 0.169 e. The Morgan fingerprint density at radius 3 is 2.67 bits per heavy atom. The standard InChI is InChI=1S/C12H18N2O2S2/c15-18(16)5-9-11(6-18)14(12(17)13-9)10-4-7-1-2-8(10)3-7/h7-11H,1-6H2,(H,13,17)/t7-,8-,9-,10+,11+/m0/s1. The zero-order valence-corrected chi connectivity index (χ0v) is 11.8. The van der Waals surface area contributed by atoms with Crippen LogP contribution in [0.1, 0.15) is 25.7 Å². The topological polar surface area (TPSA) is 49.4 Å². The molecule has 100 valence electrons. The Kier molecular flexibility index (Phi) is 2.29. The van der Waals surface area contributed by atoms with E-state index >= 15 is 0 Å². The van der Waals surface area contributed by atoms with Gasteiger partial charge in [0.2, 0.25) is 0 Å². The van der Waals surface area contributed by atoms with Gasteiger partial charge in [-0.05, 0) is 43.3 Å². The number of rotatable bonds is 1. The van der Waals surface area contributed by atoms with E-state index in [9.17, 15) is 8.42 Å². The zero-order chi connectivity index (χ0) is 12.5. The van der Waals surface area contributed by atoms with Crippen LogP contribution in [-0.2, 0) is 9.84 Å². The molecule has 2 saturated heterocycles. The summed E-state index contributed by atoms with van der Waals surface area (Å²) in [6, 6.07) is 0.653. The van der Waals surface area contributed by atoms with Crippen LogP contribution in [0.25, 0.3) is 0 Å². The molecule has 18 heavy (non-hydrogen) atoms. The molecule has 6 heteroatoms. The van der Waals surface area contributed by atoms with Crippen LogP contribution in [0.15, 0.2) is 0 Å². The van der Waals surface area contributed by atoms with Crippen LogP contribution in [0, 0.1) is 11.8 Å². The molecule has 5 atom stereocenters. The molecule has 4 nitrogen and oxygen atoms in total. The minimum Gasteiger partial charge on any atom is -0.357 e. The molecule has 2 saturated carbocycles. The number of hydrogen-bond acceptors (Lipinski definition) is 3. The second kappa shape index (κ2) is 3.60. The minimum absolute atomic E-state index is 0.0432. The Balaban J connectivity index is 1.62. The Morgan fingerprint density at radius 2 is 2.00 bits per heavy atom. The normalized spacial score (nSPS) is 48.6. The average molecular weight is 286 g/mol. The minimum atomic E-state index is -2.87. The van der Waals surface area contributed by atoms with Gasteiger partial charge in [0.15, 0.2) is 14.9 Å². The third-order valence-electron chi connectivity index (χ3n) is 5.28. The number of sulfone groups is 1. The molecule has 0 radical (unpaired) electrons. The number of thiocarbonyl (C=S) groups is 1. The van der Waals surface area contributed by atoms with E-state index in [1.54, 1.807) is 0 Å². The van der Waals surface area contributed by atoms with Crippen molar-refractivity contribution in [3.05, 3.63) is 0 Å². The van der Waals surface area contributed by atoms with Crippen molar-refractivity contribution in [3.8, 4) is 0 Å². The van der Waals surface area contributed by atoms with Crippen molar-refractivity contribution in [2.75, 3.05) is 11.5 Å². The number of nitrogens with zero attached hydrogens (tertiary/aromatic N) is 1. The molecule has 0 aromatic heterocycles. The summed E-state index contributed by atoms with van der Waals surface area (Å²) < 4.78 is 23.5. The molecule has 1 N–H and O–H groups in total. The number of hydrogen-bond donors (Lipinski definition) is 1.